The van der Waals surface area contributed by atoms with Crippen LogP contribution in [-0.2, 0) is 11.4 Å². The topological polar surface area (TPSA) is 17.8 Å². The smallest absolute Gasteiger partial charge is 0.139 e. The number of benzene rings is 1. The summed E-state index contributed by atoms with van der Waals surface area (Å²) in [7, 11) is 0. The van der Waals surface area contributed by atoms with E-state index in [4.69, 9.17) is 11.6 Å². The molecule has 0 unspecified atom stereocenters. The molecule has 0 amide bonds. The van der Waals surface area contributed by atoms with Gasteiger partial charge >= 0.3 is 0 Å². The Morgan fingerprint density at radius 3 is 2.68 bits per heavy atom. The van der Waals surface area contributed by atoms with Crippen LogP contribution in [-0.4, -0.2) is 9.55 Å². The van der Waals surface area contributed by atoms with Crippen molar-refractivity contribution in [3.63, 3.8) is 0 Å². The van der Waals surface area contributed by atoms with Crippen LogP contribution in [0.2, 0.25) is 0 Å². The van der Waals surface area contributed by atoms with Gasteiger partial charge in [-0.15, -0.1) is 11.6 Å². The van der Waals surface area contributed by atoms with E-state index in [0.717, 1.165) is 29.7 Å². The summed E-state index contributed by atoms with van der Waals surface area (Å²) in [6.45, 7) is 6.40. The van der Waals surface area contributed by atoms with Crippen LogP contribution in [0.25, 0.3) is 11.0 Å². The molecule has 0 aliphatic rings. The molecule has 1 heterocycles. The standard InChI is InChI=1S/C14H17BrClFN2/c1-4-5-14(2,3)19-12-7-10(17)9(15)6-11(12)18-13(19)8-16/h6-7H,4-5,8H2,1-3H3. The van der Waals surface area contributed by atoms with E-state index in [1.54, 1.807) is 6.07 Å². The van der Waals surface area contributed by atoms with Gasteiger partial charge in [-0.3, -0.25) is 0 Å². The second-order valence-electron chi connectivity index (χ2n) is 5.31. The van der Waals surface area contributed by atoms with Crippen molar-refractivity contribution < 1.29 is 4.39 Å². The fourth-order valence-electron chi connectivity index (χ4n) is 2.61. The monoisotopic (exact) mass is 346 g/mol. The van der Waals surface area contributed by atoms with Gasteiger partial charge in [0.2, 0.25) is 0 Å². The summed E-state index contributed by atoms with van der Waals surface area (Å²) < 4.78 is 16.3. The predicted molar refractivity (Wildman–Crippen MR) is 81.2 cm³/mol. The van der Waals surface area contributed by atoms with E-state index >= 15 is 0 Å². The Morgan fingerprint density at radius 1 is 1.42 bits per heavy atom. The highest BCUT2D eigenvalue weighted by atomic mass is 79.9. The van der Waals surface area contributed by atoms with E-state index in [2.05, 4.69) is 46.3 Å². The molecule has 0 spiro atoms. The number of nitrogens with zero attached hydrogens (tertiary/aromatic N) is 2. The number of hydrogen-bond acceptors (Lipinski definition) is 1. The van der Waals surface area contributed by atoms with Gasteiger partial charge in [-0.05, 0) is 42.3 Å². The molecule has 0 radical (unpaired) electrons. The Hall–Kier alpha value is -0.610. The van der Waals surface area contributed by atoms with Crippen LogP contribution in [0.5, 0.6) is 0 Å². The second kappa shape index (κ2) is 5.41. The average molecular weight is 348 g/mol. The lowest BCUT2D eigenvalue weighted by molar-refractivity contribution is 0.326. The minimum absolute atomic E-state index is 0.131. The zero-order valence-corrected chi connectivity index (χ0v) is 13.6. The van der Waals surface area contributed by atoms with E-state index in [1.807, 2.05) is 0 Å². The van der Waals surface area contributed by atoms with E-state index in [-0.39, 0.29) is 11.4 Å². The molecule has 104 valence electrons. The number of hydrogen-bond donors (Lipinski definition) is 0. The van der Waals surface area contributed by atoms with Gasteiger partial charge in [-0.2, -0.15) is 0 Å². The molecule has 2 aromatic rings. The molecule has 5 heteroatoms. The quantitative estimate of drug-likeness (QED) is 0.694. The Bertz CT molecular complexity index is 607. The van der Waals surface area contributed by atoms with Crippen LogP contribution in [0.15, 0.2) is 16.6 Å². The third kappa shape index (κ3) is 2.65. The first-order valence-corrected chi connectivity index (χ1v) is 7.66. The normalized spacial score (nSPS) is 12.3. The van der Waals surface area contributed by atoms with Crippen LogP contribution in [0.1, 0.15) is 39.4 Å². The molecule has 2 nitrogen and oxygen atoms in total. The molecule has 0 saturated heterocycles. The Balaban J connectivity index is 2.73. The van der Waals surface area contributed by atoms with Gasteiger partial charge in [0.25, 0.3) is 0 Å². The lowest BCUT2D eigenvalue weighted by Gasteiger charge is -2.29. The summed E-state index contributed by atoms with van der Waals surface area (Å²) in [6, 6.07) is 3.24. The van der Waals surface area contributed by atoms with Crippen molar-refractivity contribution in [2.45, 2.75) is 45.0 Å². The first-order valence-electron chi connectivity index (χ1n) is 6.33. The largest absolute Gasteiger partial charge is 0.321 e. The summed E-state index contributed by atoms with van der Waals surface area (Å²) in [6.07, 6.45) is 2.04. The van der Waals surface area contributed by atoms with Crippen LogP contribution in [0.4, 0.5) is 4.39 Å². The maximum Gasteiger partial charge on any atom is 0.139 e. The summed E-state index contributed by atoms with van der Waals surface area (Å²) in [5.74, 6) is 0.829. The Morgan fingerprint density at radius 2 is 2.11 bits per heavy atom. The number of aromatic nitrogens is 2. The zero-order chi connectivity index (χ0) is 14.2. The summed E-state index contributed by atoms with van der Waals surface area (Å²) in [5, 5.41) is 0. The lowest BCUT2D eigenvalue weighted by atomic mass is 9.98. The molecular formula is C14H17BrClFN2. The molecule has 0 N–H and O–H groups in total. The van der Waals surface area contributed by atoms with Gasteiger partial charge < -0.3 is 4.57 Å². The van der Waals surface area contributed by atoms with Crippen molar-refractivity contribution in [3.05, 3.63) is 28.2 Å². The van der Waals surface area contributed by atoms with Crippen LogP contribution >= 0.6 is 27.5 Å². The third-order valence-corrected chi connectivity index (χ3v) is 4.20. The lowest BCUT2D eigenvalue weighted by Crippen LogP contribution is -2.27. The molecule has 1 aromatic heterocycles. The van der Waals surface area contributed by atoms with Gasteiger partial charge in [0.1, 0.15) is 11.6 Å². The molecule has 1 aromatic carbocycles. The number of fused-ring (bicyclic) bond motifs is 1. The van der Waals surface area contributed by atoms with Gasteiger partial charge in [0, 0.05) is 11.6 Å². The van der Waals surface area contributed by atoms with Crippen LogP contribution < -0.4 is 0 Å². The molecule has 19 heavy (non-hydrogen) atoms. The van der Waals surface area contributed by atoms with Crippen molar-refractivity contribution in [3.8, 4) is 0 Å². The van der Waals surface area contributed by atoms with E-state index < -0.39 is 0 Å². The Labute approximate surface area is 126 Å². The molecule has 0 aliphatic heterocycles. The fourth-order valence-corrected chi connectivity index (χ4v) is 3.12. The van der Waals surface area contributed by atoms with Gasteiger partial charge in [-0.1, -0.05) is 13.3 Å². The molecule has 0 aliphatic carbocycles. The summed E-state index contributed by atoms with van der Waals surface area (Å²) in [5.41, 5.74) is 1.44. The van der Waals surface area contributed by atoms with Crippen molar-refractivity contribution in [2.24, 2.45) is 0 Å². The summed E-state index contributed by atoms with van der Waals surface area (Å²) >= 11 is 9.20. The molecular weight excluding hydrogens is 331 g/mol. The van der Waals surface area contributed by atoms with Crippen molar-refractivity contribution in [2.75, 3.05) is 0 Å². The second-order valence-corrected chi connectivity index (χ2v) is 6.44. The minimum atomic E-state index is -0.276. The van der Waals surface area contributed by atoms with Gasteiger partial charge in [-0.25, -0.2) is 9.37 Å². The van der Waals surface area contributed by atoms with E-state index in [9.17, 15) is 4.39 Å². The highest BCUT2D eigenvalue weighted by Crippen LogP contribution is 2.32. The molecule has 0 bridgehead atoms. The van der Waals surface area contributed by atoms with Crippen LogP contribution in [0, 0.1) is 5.82 Å². The average Bonchev–Trinajstić information content (AvgIpc) is 2.68. The van der Waals surface area contributed by atoms with Crippen molar-refractivity contribution >= 4 is 38.6 Å². The Kier molecular flexibility index (Phi) is 4.21. The van der Waals surface area contributed by atoms with Crippen LogP contribution in [0.3, 0.4) is 0 Å². The fraction of sp³-hybridized carbons (Fsp3) is 0.500. The minimum Gasteiger partial charge on any atom is -0.321 e. The predicted octanol–water partition coefficient (Wildman–Crippen LogP) is 5.21. The molecule has 0 atom stereocenters. The van der Waals surface area contributed by atoms with Crippen molar-refractivity contribution in [1.29, 1.82) is 0 Å². The zero-order valence-electron chi connectivity index (χ0n) is 11.3. The number of alkyl halides is 1. The molecule has 0 fully saturated rings. The summed E-state index contributed by atoms with van der Waals surface area (Å²) in [4.78, 5) is 4.52. The highest BCUT2D eigenvalue weighted by Gasteiger charge is 2.25. The number of halogens is 3. The third-order valence-electron chi connectivity index (χ3n) is 3.35. The SMILES string of the molecule is CCCC(C)(C)n1c(CCl)nc2cc(Br)c(F)cc21. The van der Waals surface area contributed by atoms with E-state index in [0.29, 0.717) is 10.4 Å². The maximum atomic E-state index is 13.8. The number of imidazole rings is 1. The first kappa shape index (κ1) is 14.8. The van der Waals surface area contributed by atoms with Crippen molar-refractivity contribution in [1.82, 2.24) is 9.55 Å². The maximum absolute atomic E-state index is 13.8. The van der Waals surface area contributed by atoms with Gasteiger partial charge in [0.05, 0.1) is 21.4 Å². The van der Waals surface area contributed by atoms with E-state index in [1.165, 1.54) is 6.07 Å². The highest BCUT2D eigenvalue weighted by molar-refractivity contribution is 9.10. The first-order chi connectivity index (χ1) is 8.90. The number of rotatable bonds is 4. The van der Waals surface area contributed by atoms with Gasteiger partial charge in [0.15, 0.2) is 0 Å². The molecule has 2 rings (SSSR count). The molecule has 0 saturated carbocycles.